The summed E-state index contributed by atoms with van der Waals surface area (Å²) in [7, 11) is 1.62. The van der Waals surface area contributed by atoms with Crippen molar-refractivity contribution in [3.63, 3.8) is 0 Å². The summed E-state index contributed by atoms with van der Waals surface area (Å²) in [6.07, 6.45) is 1.70. The molecule has 0 atom stereocenters. The van der Waals surface area contributed by atoms with Crippen molar-refractivity contribution in [2.75, 3.05) is 7.05 Å². The van der Waals surface area contributed by atoms with Crippen LogP contribution in [0.25, 0.3) is 5.70 Å². The number of rotatable bonds is 3. The Morgan fingerprint density at radius 2 is 2.43 bits per heavy atom. The molecule has 5 nitrogen and oxygen atoms in total. The molecule has 0 aliphatic carbocycles. The smallest absolute Gasteiger partial charge is 0.261 e. The fourth-order valence-electron chi connectivity index (χ4n) is 1.11. The highest BCUT2D eigenvalue weighted by molar-refractivity contribution is 6.03. The predicted octanol–water partition coefficient (Wildman–Crippen LogP) is -0.0459. The maximum atomic E-state index is 10.9. The second kappa shape index (κ2) is 4.14. The van der Waals surface area contributed by atoms with Crippen LogP contribution in [-0.4, -0.2) is 17.9 Å². The number of hydrogen-bond acceptors (Lipinski definition) is 3. The molecule has 0 bridgehead atoms. The number of nitrogens with zero attached hydrogens (tertiary/aromatic N) is 1. The number of nitrogens with one attached hydrogen (secondary N) is 2. The minimum absolute atomic E-state index is 0.0880. The van der Waals surface area contributed by atoms with Gasteiger partial charge in [-0.2, -0.15) is 5.26 Å². The van der Waals surface area contributed by atoms with Gasteiger partial charge in [-0.05, 0) is 12.1 Å². The number of aromatic amines is 1. The molecule has 0 fully saturated rings. The molecule has 0 saturated carbocycles. The van der Waals surface area contributed by atoms with Gasteiger partial charge in [0.05, 0.1) is 11.4 Å². The third-order valence-electron chi connectivity index (χ3n) is 1.73. The van der Waals surface area contributed by atoms with Crippen LogP contribution in [0, 0.1) is 11.3 Å². The average Bonchev–Trinajstić information content (AvgIpc) is 2.65. The van der Waals surface area contributed by atoms with Gasteiger partial charge in [0, 0.05) is 13.2 Å². The summed E-state index contributed by atoms with van der Waals surface area (Å²) in [6, 6.07) is 5.27. The zero-order valence-corrected chi connectivity index (χ0v) is 7.66. The number of hydrogen-bond donors (Lipinski definition) is 3. The van der Waals surface area contributed by atoms with E-state index in [2.05, 4.69) is 10.3 Å². The number of aromatic nitrogens is 1. The Morgan fingerprint density at radius 1 is 1.71 bits per heavy atom. The van der Waals surface area contributed by atoms with Gasteiger partial charge < -0.3 is 16.0 Å². The van der Waals surface area contributed by atoms with Crippen molar-refractivity contribution in [3.8, 4) is 6.07 Å². The molecule has 1 aromatic rings. The maximum absolute atomic E-state index is 10.9. The molecule has 0 unspecified atom stereocenters. The molecule has 0 saturated heterocycles. The van der Waals surface area contributed by atoms with E-state index in [1.165, 1.54) is 0 Å². The Balaban J connectivity index is 3.26. The van der Waals surface area contributed by atoms with E-state index in [0.29, 0.717) is 11.4 Å². The van der Waals surface area contributed by atoms with Crippen LogP contribution in [0.1, 0.15) is 5.69 Å². The van der Waals surface area contributed by atoms with Gasteiger partial charge in [0.2, 0.25) is 0 Å². The Bertz CT molecular complexity index is 397. The molecule has 4 N–H and O–H groups in total. The molecule has 72 valence electrons. The number of H-pyrrole nitrogens is 1. The molecule has 1 amide bonds. The highest BCUT2D eigenvalue weighted by Crippen LogP contribution is 2.12. The van der Waals surface area contributed by atoms with Gasteiger partial charge in [0.15, 0.2) is 0 Å². The van der Waals surface area contributed by atoms with Gasteiger partial charge >= 0.3 is 0 Å². The third kappa shape index (κ3) is 1.75. The molecule has 1 heterocycles. The Morgan fingerprint density at radius 3 is 2.79 bits per heavy atom. The van der Waals surface area contributed by atoms with Crippen LogP contribution in [0.15, 0.2) is 23.9 Å². The van der Waals surface area contributed by atoms with E-state index in [1.807, 2.05) is 0 Å². The summed E-state index contributed by atoms with van der Waals surface area (Å²) < 4.78 is 0. The SMILES string of the molecule is CN/C(=C(\C#N)C(N)=O)c1ccc[nH]1. The zero-order valence-electron chi connectivity index (χ0n) is 7.66. The molecule has 0 radical (unpaired) electrons. The van der Waals surface area contributed by atoms with E-state index in [1.54, 1.807) is 31.4 Å². The van der Waals surface area contributed by atoms with Gasteiger partial charge in [-0.3, -0.25) is 4.79 Å². The van der Waals surface area contributed by atoms with Crippen molar-refractivity contribution >= 4 is 11.6 Å². The highest BCUT2D eigenvalue weighted by Gasteiger charge is 2.13. The lowest BCUT2D eigenvalue weighted by molar-refractivity contribution is -0.114. The minimum Gasteiger partial charge on any atom is -0.385 e. The van der Waals surface area contributed by atoms with E-state index >= 15 is 0 Å². The fourth-order valence-corrected chi connectivity index (χ4v) is 1.11. The quantitative estimate of drug-likeness (QED) is 0.460. The van der Waals surface area contributed by atoms with Crippen LogP contribution in [0.2, 0.25) is 0 Å². The molecule has 0 aliphatic heterocycles. The van der Waals surface area contributed by atoms with Gasteiger partial charge in [-0.25, -0.2) is 0 Å². The number of carbonyl (C=O) groups is 1. The highest BCUT2D eigenvalue weighted by atomic mass is 16.1. The summed E-state index contributed by atoms with van der Waals surface area (Å²) in [4.78, 5) is 13.8. The molecule has 1 aromatic heterocycles. The van der Waals surface area contributed by atoms with Crippen molar-refractivity contribution in [2.45, 2.75) is 0 Å². The summed E-state index contributed by atoms with van der Waals surface area (Å²) in [5, 5.41) is 11.5. The van der Waals surface area contributed by atoms with Crippen LogP contribution < -0.4 is 11.1 Å². The first-order chi connectivity index (χ1) is 6.70. The van der Waals surface area contributed by atoms with E-state index in [4.69, 9.17) is 11.0 Å². The predicted molar refractivity (Wildman–Crippen MR) is 51.6 cm³/mol. The fraction of sp³-hybridized carbons (Fsp3) is 0.111. The summed E-state index contributed by atoms with van der Waals surface area (Å²) >= 11 is 0. The van der Waals surface area contributed by atoms with E-state index in [0.717, 1.165) is 0 Å². The van der Waals surface area contributed by atoms with E-state index in [-0.39, 0.29) is 5.57 Å². The first kappa shape index (κ1) is 9.86. The number of primary amides is 1. The largest absolute Gasteiger partial charge is 0.385 e. The van der Waals surface area contributed by atoms with Gasteiger partial charge in [0.25, 0.3) is 5.91 Å². The molecular formula is C9H10N4O. The second-order valence-corrected chi connectivity index (χ2v) is 2.56. The molecule has 1 rings (SSSR count). The molecule has 0 aliphatic rings. The van der Waals surface area contributed by atoms with Crippen molar-refractivity contribution in [1.82, 2.24) is 10.3 Å². The van der Waals surface area contributed by atoms with Crippen LogP contribution >= 0.6 is 0 Å². The minimum atomic E-state index is -0.744. The first-order valence-electron chi connectivity index (χ1n) is 3.96. The number of amides is 1. The van der Waals surface area contributed by atoms with E-state index in [9.17, 15) is 4.79 Å². The van der Waals surface area contributed by atoms with Crippen molar-refractivity contribution in [2.24, 2.45) is 5.73 Å². The monoisotopic (exact) mass is 190 g/mol. The van der Waals surface area contributed by atoms with Crippen molar-refractivity contribution < 1.29 is 4.79 Å². The number of carbonyl (C=O) groups excluding carboxylic acids is 1. The van der Waals surface area contributed by atoms with Gasteiger partial charge in [-0.1, -0.05) is 0 Å². The Labute approximate surface area is 81.2 Å². The molecular weight excluding hydrogens is 180 g/mol. The molecule has 0 aromatic carbocycles. The van der Waals surface area contributed by atoms with Crippen LogP contribution in [0.5, 0.6) is 0 Å². The van der Waals surface area contributed by atoms with Crippen LogP contribution in [0.4, 0.5) is 0 Å². The average molecular weight is 190 g/mol. The lowest BCUT2D eigenvalue weighted by Crippen LogP contribution is -2.19. The third-order valence-corrected chi connectivity index (χ3v) is 1.73. The Hall–Kier alpha value is -2.22. The van der Waals surface area contributed by atoms with E-state index < -0.39 is 5.91 Å². The summed E-state index contributed by atoms with van der Waals surface area (Å²) in [6.45, 7) is 0. The lowest BCUT2D eigenvalue weighted by atomic mass is 10.1. The first-order valence-corrected chi connectivity index (χ1v) is 3.96. The zero-order chi connectivity index (χ0) is 10.6. The Kier molecular flexibility index (Phi) is 2.92. The normalized spacial score (nSPS) is 11.4. The maximum Gasteiger partial charge on any atom is 0.261 e. The summed E-state index contributed by atoms with van der Waals surface area (Å²) in [5.74, 6) is -0.744. The van der Waals surface area contributed by atoms with Crippen molar-refractivity contribution in [3.05, 3.63) is 29.6 Å². The number of nitriles is 1. The van der Waals surface area contributed by atoms with Crippen LogP contribution in [0.3, 0.4) is 0 Å². The van der Waals surface area contributed by atoms with Gasteiger partial charge in [0.1, 0.15) is 11.6 Å². The lowest BCUT2D eigenvalue weighted by Gasteiger charge is -2.05. The number of nitrogens with two attached hydrogens (primary N) is 1. The molecule has 14 heavy (non-hydrogen) atoms. The van der Waals surface area contributed by atoms with Gasteiger partial charge in [-0.15, -0.1) is 0 Å². The second-order valence-electron chi connectivity index (χ2n) is 2.56. The standard InChI is InChI=1S/C9H10N4O/c1-12-8(6(5-10)9(11)14)7-3-2-4-13-7/h2-4,12-13H,1H3,(H2,11,14)/b8-6+. The van der Waals surface area contributed by atoms with Crippen LogP contribution in [-0.2, 0) is 4.79 Å². The summed E-state index contributed by atoms with van der Waals surface area (Å²) in [5.41, 5.74) is 6.03. The molecule has 5 heteroatoms. The molecule has 0 spiro atoms. The topological polar surface area (TPSA) is 94.7 Å². The van der Waals surface area contributed by atoms with Crippen molar-refractivity contribution in [1.29, 1.82) is 5.26 Å².